The van der Waals surface area contributed by atoms with Gasteiger partial charge in [0.1, 0.15) is 0 Å². The molecule has 0 aromatic carbocycles. The largest absolute Gasteiger partial charge is 0.391 e. The number of hydrogen-bond donors (Lipinski definition) is 1. The van der Waals surface area contributed by atoms with Crippen LogP contribution in [0.2, 0.25) is 0 Å². The second kappa shape index (κ2) is 6.22. The lowest BCUT2D eigenvalue weighted by molar-refractivity contribution is -0.188. The van der Waals surface area contributed by atoms with Gasteiger partial charge >= 0.3 is 6.18 Å². The van der Waals surface area contributed by atoms with E-state index in [0.29, 0.717) is 19.4 Å². The summed E-state index contributed by atoms with van der Waals surface area (Å²) in [6, 6.07) is 0. The highest BCUT2D eigenvalue weighted by molar-refractivity contribution is 4.98. The van der Waals surface area contributed by atoms with Gasteiger partial charge in [-0.05, 0) is 57.5 Å². The van der Waals surface area contributed by atoms with E-state index < -0.39 is 12.1 Å². The van der Waals surface area contributed by atoms with Crippen molar-refractivity contribution < 1.29 is 13.2 Å². The molecule has 2 N–H and O–H groups in total. The van der Waals surface area contributed by atoms with E-state index in [1.165, 1.54) is 19.3 Å². The Balaban J connectivity index is 1.95. The van der Waals surface area contributed by atoms with E-state index in [9.17, 15) is 13.2 Å². The zero-order chi connectivity index (χ0) is 14.8. The Hall–Kier alpha value is -0.290. The van der Waals surface area contributed by atoms with E-state index in [-0.39, 0.29) is 18.4 Å². The summed E-state index contributed by atoms with van der Waals surface area (Å²) < 4.78 is 38.4. The van der Waals surface area contributed by atoms with Crippen molar-refractivity contribution in [2.24, 2.45) is 17.6 Å². The molecule has 0 aromatic heterocycles. The minimum atomic E-state index is -4.03. The molecule has 1 saturated heterocycles. The quantitative estimate of drug-likeness (QED) is 0.862. The molecular weight excluding hydrogens is 265 g/mol. The molecule has 0 aromatic rings. The molecule has 0 unspecified atom stereocenters. The van der Waals surface area contributed by atoms with Crippen molar-refractivity contribution in [3.8, 4) is 0 Å². The van der Waals surface area contributed by atoms with Crippen LogP contribution in [0, 0.1) is 11.8 Å². The van der Waals surface area contributed by atoms with E-state index in [1.807, 2.05) is 0 Å². The second-order valence-corrected chi connectivity index (χ2v) is 6.58. The lowest BCUT2D eigenvalue weighted by Gasteiger charge is -2.50. The maximum absolute atomic E-state index is 12.8. The molecule has 20 heavy (non-hydrogen) atoms. The summed E-state index contributed by atoms with van der Waals surface area (Å²) in [5.41, 5.74) is 5.80. The molecule has 2 rings (SSSR count). The number of piperidine rings is 1. The summed E-state index contributed by atoms with van der Waals surface area (Å²) in [6.45, 7) is 4.72. The van der Waals surface area contributed by atoms with Crippen molar-refractivity contribution in [2.45, 2.75) is 63.6 Å². The van der Waals surface area contributed by atoms with Gasteiger partial charge in [-0.25, -0.2) is 0 Å². The predicted molar refractivity (Wildman–Crippen MR) is 74.4 cm³/mol. The Labute approximate surface area is 119 Å². The number of alkyl halides is 3. The lowest BCUT2D eigenvalue weighted by atomic mass is 9.74. The highest BCUT2D eigenvalue weighted by Crippen LogP contribution is 2.44. The predicted octanol–water partition coefficient (Wildman–Crippen LogP) is 3.56. The van der Waals surface area contributed by atoms with Crippen LogP contribution in [-0.2, 0) is 0 Å². The van der Waals surface area contributed by atoms with Gasteiger partial charge in [0.2, 0.25) is 0 Å². The lowest BCUT2D eigenvalue weighted by Crippen LogP contribution is -2.58. The van der Waals surface area contributed by atoms with Crippen LogP contribution >= 0.6 is 0 Å². The van der Waals surface area contributed by atoms with E-state index in [4.69, 9.17) is 5.73 Å². The van der Waals surface area contributed by atoms with E-state index in [1.54, 1.807) is 0 Å². The number of likely N-dealkylation sites (tertiary alicyclic amines) is 1. The zero-order valence-corrected chi connectivity index (χ0v) is 12.4. The molecule has 118 valence electrons. The summed E-state index contributed by atoms with van der Waals surface area (Å²) in [6.07, 6.45) is 1.20. The molecule has 1 heterocycles. The fourth-order valence-corrected chi connectivity index (χ4v) is 3.95. The summed E-state index contributed by atoms with van der Waals surface area (Å²) in [7, 11) is 0. The van der Waals surface area contributed by atoms with Crippen molar-refractivity contribution in [2.75, 3.05) is 19.6 Å². The third kappa shape index (κ3) is 3.30. The topological polar surface area (TPSA) is 29.3 Å². The molecule has 2 fully saturated rings. The summed E-state index contributed by atoms with van der Waals surface area (Å²) in [5, 5.41) is 0. The van der Waals surface area contributed by atoms with Crippen LogP contribution in [0.1, 0.15) is 51.9 Å². The van der Waals surface area contributed by atoms with Crippen LogP contribution in [0.25, 0.3) is 0 Å². The number of nitrogens with zero attached hydrogens (tertiary/aromatic N) is 1. The maximum atomic E-state index is 12.8. The fourth-order valence-electron chi connectivity index (χ4n) is 3.95. The highest BCUT2D eigenvalue weighted by Gasteiger charge is 2.47. The fraction of sp³-hybridized carbons (Fsp3) is 1.00. The average Bonchev–Trinajstić information content (AvgIpc) is 2.46. The first-order valence-corrected chi connectivity index (χ1v) is 7.93. The molecule has 0 spiro atoms. The number of hydrogen-bond acceptors (Lipinski definition) is 2. The van der Waals surface area contributed by atoms with Crippen molar-refractivity contribution in [3.05, 3.63) is 0 Å². The van der Waals surface area contributed by atoms with Crippen molar-refractivity contribution >= 4 is 0 Å². The first kappa shape index (κ1) is 16.1. The summed E-state index contributed by atoms with van der Waals surface area (Å²) in [5.74, 6) is -0.331. The molecule has 1 aliphatic heterocycles. The van der Waals surface area contributed by atoms with Crippen LogP contribution < -0.4 is 5.73 Å². The first-order chi connectivity index (χ1) is 9.41. The smallest absolute Gasteiger partial charge is 0.329 e. The standard InChI is InChI=1S/C15H27F3N2/c1-2-12-5-9-20(10-6-12)14(11-19)7-3-13(4-8-14)15(16,17)18/h12-13H,2-11,19H2,1H3. The molecule has 1 saturated carbocycles. The molecule has 2 nitrogen and oxygen atoms in total. The first-order valence-electron chi connectivity index (χ1n) is 7.93. The van der Waals surface area contributed by atoms with Crippen LogP contribution in [0.4, 0.5) is 13.2 Å². The van der Waals surface area contributed by atoms with Gasteiger partial charge in [-0.1, -0.05) is 13.3 Å². The number of nitrogens with two attached hydrogens (primary N) is 1. The van der Waals surface area contributed by atoms with Gasteiger partial charge in [-0.15, -0.1) is 0 Å². The maximum Gasteiger partial charge on any atom is 0.391 e. The summed E-state index contributed by atoms with van der Waals surface area (Å²) >= 11 is 0. The third-order valence-corrected chi connectivity index (χ3v) is 5.62. The van der Waals surface area contributed by atoms with Crippen LogP contribution in [0.15, 0.2) is 0 Å². The monoisotopic (exact) mass is 292 g/mol. The Kier molecular flexibility index (Phi) is 5.00. The van der Waals surface area contributed by atoms with Crippen LogP contribution in [-0.4, -0.2) is 36.2 Å². The normalized spacial score (nSPS) is 34.4. The second-order valence-electron chi connectivity index (χ2n) is 6.58. The SMILES string of the molecule is CCC1CCN(C2(CN)CCC(C(F)(F)F)CC2)CC1. The molecular formula is C15H27F3N2. The van der Waals surface area contributed by atoms with Gasteiger partial charge in [0.05, 0.1) is 5.92 Å². The molecule has 0 amide bonds. The van der Waals surface area contributed by atoms with Gasteiger partial charge in [0, 0.05) is 12.1 Å². The molecule has 2 aliphatic rings. The minimum Gasteiger partial charge on any atom is -0.329 e. The van der Waals surface area contributed by atoms with Crippen LogP contribution in [0.3, 0.4) is 0 Å². The Morgan fingerprint density at radius 3 is 2.05 bits per heavy atom. The third-order valence-electron chi connectivity index (χ3n) is 5.62. The molecule has 0 atom stereocenters. The van der Waals surface area contributed by atoms with E-state index in [2.05, 4.69) is 11.8 Å². The molecule has 0 bridgehead atoms. The minimum absolute atomic E-state index is 0.166. The zero-order valence-electron chi connectivity index (χ0n) is 12.4. The van der Waals surface area contributed by atoms with Gasteiger partial charge in [-0.3, -0.25) is 4.90 Å². The van der Waals surface area contributed by atoms with Gasteiger partial charge in [0.25, 0.3) is 0 Å². The molecule has 5 heteroatoms. The molecule has 1 aliphatic carbocycles. The van der Waals surface area contributed by atoms with E-state index in [0.717, 1.165) is 19.0 Å². The Morgan fingerprint density at radius 2 is 1.65 bits per heavy atom. The Morgan fingerprint density at radius 1 is 1.10 bits per heavy atom. The van der Waals surface area contributed by atoms with Crippen molar-refractivity contribution in [1.82, 2.24) is 4.90 Å². The number of halogens is 3. The van der Waals surface area contributed by atoms with Crippen LogP contribution in [0.5, 0.6) is 0 Å². The van der Waals surface area contributed by atoms with Crippen molar-refractivity contribution in [1.29, 1.82) is 0 Å². The van der Waals surface area contributed by atoms with Gasteiger partial charge in [-0.2, -0.15) is 13.2 Å². The van der Waals surface area contributed by atoms with E-state index >= 15 is 0 Å². The van der Waals surface area contributed by atoms with Gasteiger partial charge < -0.3 is 5.73 Å². The average molecular weight is 292 g/mol. The Bertz CT molecular complexity index is 301. The van der Waals surface area contributed by atoms with Crippen molar-refractivity contribution in [3.63, 3.8) is 0 Å². The highest BCUT2D eigenvalue weighted by atomic mass is 19.4. The van der Waals surface area contributed by atoms with Gasteiger partial charge in [0.15, 0.2) is 0 Å². The number of rotatable bonds is 3. The molecule has 0 radical (unpaired) electrons. The summed E-state index contributed by atoms with van der Waals surface area (Å²) in [4.78, 5) is 2.39.